The van der Waals surface area contributed by atoms with Gasteiger partial charge in [0, 0.05) is 26.3 Å². The molecule has 0 spiro atoms. The summed E-state index contributed by atoms with van der Waals surface area (Å²) in [6.07, 6.45) is 2.15. The number of hydrogen-bond donors (Lipinski definition) is 2. The number of nitrogens with two attached hydrogens (primary N) is 1. The molecular weight excluding hydrogens is 287 g/mol. The van der Waals surface area contributed by atoms with Gasteiger partial charge < -0.3 is 15.8 Å². The SMILES string of the molecule is [B]CCc1ccc(OC2CN(CC(NC)N(C)CN)C2)c(C)c1. The summed E-state index contributed by atoms with van der Waals surface area (Å²) in [5, 5.41) is 3.30. The lowest BCUT2D eigenvalue weighted by molar-refractivity contribution is 0.0000741. The molecule has 1 aliphatic heterocycles. The van der Waals surface area contributed by atoms with Crippen molar-refractivity contribution in [2.45, 2.75) is 31.9 Å². The van der Waals surface area contributed by atoms with Crippen molar-refractivity contribution >= 4 is 7.85 Å². The Hall–Kier alpha value is -1.08. The van der Waals surface area contributed by atoms with Crippen LogP contribution in [0.2, 0.25) is 6.32 Å². The first-order valence-corrected chi connectivity index (χ1v) is 8.33. The Labute approximate surface area is 141 Å². The fourth-order valence-corrected chi connectivity index (χ4v) is 2.91. The smallest absolute Gasteiger partial charge is 0.124 e. The van der Waals surface area contributed by atoms with E-state index in [-0.39, 0.29) is 12.3 Å². The summed E-state index contributed by atoms with van der Waals surface area (Å²) in [7, 11) is 9.60. The van der Waals surface area contributed by atoms with Crippen molar-refractivity contribution in [3.8, 4) is 5.75 Å². The first-order chi connectivity index (χ1) is 11.1. The molecule has 0 amide bonds. The third kappa shape index (κ3) is 4.95. The van der Waals surface area contributed by atoms with Gasteiger partial charge >= 0.3 is 0 Å². The fraction of sp³-hybridized carbons (Fsp3) is 0.647. The van der Waals surface area contributed by atoms with Crippen LogP contribution in [0.25, 0.3) is 0 Å². The van der Waals surface area contributed by atoms with E-state index < -0.39 is 0 Å². The normalized spacial score (nSPS) is 17.3. The Bertz CT molecular complexity index is 493. The van der Waals surface area contributed by atoms with Crippen LogP contribution >= 0.6 is 0 Å². The standard InChI is InChI=1S/C17H29BN4O/c1-13-8-14(6-7-18)4-5-16(13)23-15-9-22(10-15)11-17(20-2)21(3)12-19/h4-5,8,15,17,20H,6-7,9-12,19H2,1-3H3. The van der Waals surface area contributed by atoms with E-state index in [9.17, 15) is 0 Å². The first-order valence-electron chi connectivity index (χ1n) is 8.33. The number of likely N-dealkylation sites (tertiary alicyclic amines) is 1. The van der Waals surface area contributed by atoms with Gasteiger partial charge in [0.05, 0.1) is 14.0 Å². The van der Waals surface area contributed by atoms with Crippen LogP contribution < -0.4 is 15.8 Å². The Balaban J connectivity index is 1.79. The maximum atomic E-state index is 6.11. The summed E-state index contributed by atoms with van der Waals surface area (Å²) in [4.78, 5) is 4.49. The van der Waals surface area contributed by atoms with E-state index in [0.29, 0.717) is 13.0 Å². The van der Waals surface area contributed by atoms with Crippen LogP contribution in [0, 0.1) is 6.92 Å². The zero-order valence-electron chi connectivity index (χ0n) is 14.6. The van der Waals surface area contributed by atoms with Crippen LogP contribution in [0.5, 0.6) is 5.75 Å². The second-order valence-electron chi connectivity index (χ2n) is 6.34. The van der Waals surface area contributed by atoms with Gasteiger partial charge in [-0.2, -0.15) is 0 Å². The molecular formula is C17H29BN4O. The second-order valence-corrected chi connectivity index (χ2v) is 6.34. The van der Waals surface area contributed by atoms with Crippen LogP contribution in [-0.4, -0.2) is 70.3 Å². The van der Waals surface area contributed by atoms with Gasteiger partial charge in [0.2, 0.25) is 0 Å². The quantitative estimate of drug-likeness (QED) is 0.516. The van der Waals surface area contributed by atoms with Crippen molar-refractivity contribution in [1.82, 2.24) is 15.1 Å². The molecule has 1 atom stereocenters. The minimum absolute atomic E-state index is 0.273. The minimum Gasteiger partial charge on any atom is -0.487 e. The van der Waals surface area contributed by atoms with Crippen molar-refractivity contribution in [3.05, 3.63) is 29.3 Å². The topological polar surface area (TPSA) is 53.8 Å². The molecule has 1 aromatic rings. The molecule has 1 fully saturated rings. The summed E-state index contributed by atoms with van der Waals surface area (Å²) in [6.45, 7) is 5.52. The third-order valence-electron chi connectivity index (χ3n) is 4.47. The molecule has 2 rings (SSSR count). The molecule has 23 heavy (non-hydrogen) atoms. The number of aryl methyl sites for hydroxylation is 2. The van der Waals surface area contributed by atoms with E-state index in [1.807, 2.05) is 14.1 Å². The molecule has 126 valence electrons. The number of hydrogen-bond acceptors (Lipinski definition) is 5. The number of rotatable bonds is 9. The lowest BCUT2D eigenvalue weighted by atomic mass is 9.96. The van der Waals surface area contributed by atoms with Crippen molar-refractivity contribution in [3.63, 3.8) is 0 Å². The molecule has 1 saturated heterocycles. The third-order valence-corrected chi connectivity index (χ3v) is 4.47. The van der Waals surface area contributed by atoms with E-state index in [0.717, 1.165) is 31.8 Å². The van der Waals surface area contributed by atoms with Crippen LogP contribution in [0.15, 0.2) is 18.2 Å². The van der Waals surface area contributed by atoms with Crippen molar-refractivity contribution in [2.24, 2.45) is 5.73 Å². The Morgan fingerprint density at radius 2 is 2.22 bits per heavy atom. The molecule has 3 N–H and O–H groups in total. The van der Waals surface area contributed by atoms with Gasteiger partial charge in [-0.25, -0.2) is 0 Å². The highest BCUT2D eigenvalue weighted by Crippen LogP contribution is 2.24. The monoisotopic (exact) mass is 316 g/mol. The number of benzene rings is 1. The minimum atomic E-state index is 0.273. The van der Waals surface area contributed by atoms with Crippen LogP contribution in [0.4, 0.5) is 0 Å². The van der Waals surface area contributed by atoms with Gasteiger partial charge in [0.25, 0.3) is 0 Å². The van der Waals surface area contributed by atoms with E-state index in [1.54, 1.807) is 0 Å². The fourth-order valence-electron chi connectivity index (χ4n) is 2.91. The Kier molecular flexibility index (Phi) is 6.90. The predicted octanol–water partition coefficient (Wildman–Crippen LogP) is 0.581. The number of likely N-dealkylation sites (N-methyl/N-ethyl adjacent to an activating group) is 2. The average Bonchev–Trinajstić information content (AvgIpc) is 2.51. The molecule has 0 bridgehead atoms. The zero-order chi connectivity index (χ0) is 16.8. The largest absolute Gasteiger partial charge is 0.487 e. The average molecular weight is 316 g/mol. The zero-order valence-corrected chi connectivity index (χ0v) is 14.6. The summed E-state index contributed by atoms with van der Waals surface area (Å²) < 4.78 is 6.11. The van der Waals surface area contributed by atoms with Crippen LogP contribution in [-0.2, 0) is 6.42 Å². The number of ether oxygens (including phenoxy) is 1. The maximum Gasteiger partial charge on any atom is 0.124 e. The van der Waals surface area contributed by atoms with Crippen LogP contribution in [0.1, 0.15) is 11.1 Å². The molecule has 2 radical (unpaired) electrons. The van der Waals surface area contributed by atoms with Gasteiger partial charge in [0.15, 0.2) is 0 Å². The van der Waals surface area contributed by atoms with Gasteiger partial charge in [0.1, 0.15) is 11.9 Å². The van der Waals surface area contributed by atoms with Gasteiger partial charge in [-0.3, -0.25) is 9.80 Å². The molecule has 1 unspecified atom stereocenters. The maximum absolute atomic E-state index is 6.11. The molecule has 1 aromatic carbocycles. The lowest BCUT2D eigenvalue weighted by Crippen LogP contribution is -2.60. The summed E-state index contributed by atoms with van der Waals surface area (Å²) in [6, 6.07) is 6.35. The van der Waals surface area contributed by atoms with Gasteiger partial charge in [-0.1, -0.05) is 18.5 Å². The lowest BCUT2D eigenvalue weighted by Gasteiger charge is -2.42. The van der Waals surface area contributed by atoms with Crippen LogP contribution in [0.3, 0.4) is 0 Å². The van der Waals surface area contributed by atoms with Crippen molar-refractivity contribution < 1.29 is 4.74 Å². The molecule has 0 aliphatic carbocycles. The second kappa shape index (κ2) is 8.69. The van der Waals surface area contributed by atoms with E-state index in [4.69, 9.17) is 18.3 Å². The molecule has 0 saturated carbocycles. The number of nitrogens with one attached hydrogen (secondary N) is 1. The molecule has 5 nitrogen and oxygen atoms in total. The highest BCUT2D eigenvalue weighted by molar-refractivity contribution is 6.08. The molecule has 1 aliphatic rings. The van der Waals surface area contributed by atoms with Gasteiger partial charge in [-0.15, -0.1) is 0 Å². The summed E-state index contributed by atoms with van der Waals surface area (Å²) in [5.41, 5.74) is 8.16. The number of nitrogens with zero attached hydrogens (tertiary/aromatic N) is 2. The first kappa shape index (κ1) is 18.3. The van der Waals surface area contributed by atoms with E-state index in [1.165, 1.54) is 11.1 Å². The van der Waals surface area contributed by atoms with Crippen molar-refractivity contribution in [1.29, 1.82) is 0 Å². The highest BCUT2D eigenvalue weighted by atomic mass is 16.5. The van der Waals surface area contributed by atoms with Crippen molar-refractivity contribution in [2.75, 3.05) is 40.4 Å². The Morgan fingerprint density at radius 3 is 2.78 bits per heavy atom. The highest BCUT2D eigenvalue weighted by Gasteiger charge is 2.30. The van der Waals surface area contributed by atoms with E-state index >= 15 is 0 Å². The Morgan fingerprint density at radius 1 is 1.48 bits per heavy atom. The van der Waals surface area contributed by atoms with E-state index in [2.05, 4.69) is 40.2 Å². The molecule has 0 aromatic heterocycles. The predicted molar refractivity (Wildman–Crippen MR) is 96.0 cm³/mol. The summed E-state index contributed by atoms with van der Waals surface area (Å²) >= 11 is 0. The summed E-state index contributed by atoms with van der Waals surface area (Å²) in [5.74, 6) is 0.986. The molecule has 1 heterocycles. The van der Waals surface area contributed by atoms with Gasteiger partial charge in [-0.05, 0) is 44.6 Å². The molecule has 6 heteroatoms.